The summed E-state index contributed by atoms with van der Waals surface area (Å²) in [5.41, 5.74) is 2.19. The third-order valence-electron chi connectivity index (χ3n) is 4.32. The molecule has 1 aliphatic heterocycles. The second kappa shape index (κ2) is 7.29. The van der Waals surface area contributed by atoms with Gasteiger partial charge in [0, 0.05) is 23.0 Å². The zero-order valence-corrected chi connectivity index (χ0v) is 15.6. The first-order valence-electron chi connectivity index (χ1n) is 8.48. The lowest BCUT2D eigenvalue weighted by molar-refractivity contribution is 0.0733. The number of fused-ring (bicyclic) bond motifs is 1. The molecule has 1 aromatic heterocycles. The van der Waals surface area contributed by atoms with Crippen LogP contribution in [0.2, 0.25) is 5.02 Å². The van der Waals surface area contributed by atoms with Crippen molar-refractivity contribution in [3.63, 3.8) is 0 Å². The third-order valence-corrected chi connectivity index (χ3v) is 4.58. The predicted octanol–water partition coefficient (Wildman–Crippen LogP) is 4.88. The lowest BCUT2D eigenvalue weighted by Crippen LogP contribution is -2.09. The summed E-state index contributed by atoms with van der Waals surface area (Å²) >= 11 is 5.89. The van der Waals surface area contributed by atoms with Gasteiger partial charge in [0.05, 0.1) is 11.1 Å². The van der Waals surface area contributed by atoms with Gasteiger partial charge in [-0.15, -0.1) is 0 Å². The number of ether oxygens (including phenoxy) is 2. The summed E-state index contributed by atoms with van der Waals surface area (Å²) in [4.78, 5) is 28.8. The van der Waals surface area contributed by atoms with Crippen molar-refractivity contribution in [1.82, 2.24) is 4.98 Å². The standard InChI is InChI=1S/C22H14ClNO4/c1-13-18(28-22(26)15-8-10-24-11-9-15)7-6-17-20(25)19(27-21(13)17)12-14-2-4-16(23)5-3-14/h2-12H,1H3/b19-12-. The molecule has 0 unspecified atom stereocenters. The molecule has 3 aromatic rings. The van der Waals surface area contributed by atoms with E-state index in [9.17, 15) is 9.59 Å². The molecule has 138 valence electrons. The Morgan fingerprint density at radius 2 is 1.79 bits per heavy atom. The molecule has 0 fully saturated rings. The second-order valence-electron chi connectivity index (χ2n) is 6.18. The maximum atomic E-state index is 12.6. The van der Waals surface area contributed by atoms with Gasteiger partial charge >= 0.3 is 5.97 Å². The van der Waals surface area contributed by atoms with Crippen molar-refractivity contribution in [1.29, 1.82) is 0 Å². The number of aromatic nitrogens is 1. The normalized spacial score (nSPS) is 13.9. The minimum Gasteiger partial charge on any atom is -0.452 e. The van der Waals surface area contributed by atoms with Crippen LogP contribution in [0.1, 0.15) is 31.8 Å². The molecule has 0 spiro atoms. The number of benzene rings is 2. The van der Waals surface area contributed by atoms with Crippen molar-refractivity contribution < 1.29 is 19.1 Å². The van der Waals surface area contributed by atoms with Crippen LogP contribution < -0.4 is 9.47 Å². The Bertz CT molecular complexity index is 1110. The van der Waals surface area contributed by atoms with Crippen LogP contribution in [-0.4, -0.2) is 16.7 Å². The lowest BCUT2D eigenvalue weighted by Gasteiger charge is -2.10. The molecule has 6 heteroatoms. The molecule has 2 aromatic carbocycles. The highest BCUT2D eigenvalue weighted by molar-refractivity contribution is 6.30. The molecule has 0 amide bonds. The number of nitrogens with zero attached hydrogens (tertiary/aromatic N) is 1. The molecule has 1 aliphatic rings. The molecule has 0 atom stereocenters. The number of pyridine rings is 1. The van der Waals surface area contributed by atoms with Crippen LogP contribution in [-0.2, 0) is 0 Å². The fourth-order valence-corrected chi connectivity index (χ4v) is 2.96. The van der Waals surface area contributed by atoms with Gasteiger partial charge < -0.3 is 9.47 Å². The number of rotatable bonds is 3. The highest BCUT2D eigenvalue weighted by Gasteiger charge is 2.30. The summed E-state index contributed by atoms with van der Waals surface area (Å²) in [5.74, 6) is 0.205. The molecule has 4 rings (SSSR count). The van der Waals surface area contributed by atoms with E-state index in [1.165, 1.54) is 12.4 Å². The average Bonchev–Trinajstić information content (AvgIpc) is 3.03. The zero-order chi connectivity index (χ0) is 19.7. The fourth-order valence-electron chi connectivity index (χ4n) is 2.84. The third kappa shape index (κ3) is 3.40. The molecule has 0 saturated heterocycles. The van der Waals surface area contributed by atoms with Crippen LogP contribution >= 0.6 is 11.6 Å². The number of ketones is 1. The summed E-state index contributed by atoms with van der Waals surface area (Å²) in [6.45, 7) is 1.74. The Kier molecular flexibility index (Phi) is 4.67. The lowest BCUT2D eigenvalue weighted by atomic mass is 10.1. The molecule has 2 heterocycles. The van der Waals surface area contributed by atoms with Gasteiger partial charge in [0.15, 0.2) is 5.76 Å². The van der Waals surface area contributed by atoms with Crippen LogP contribution in [0.15, 0.2) is 66.7 Å². The fraction of sp³-hybridized carbons (Fsp3) is 0.0455. The van der Waals surface area contributed by atoms with Gasteiger partial charge in [-0.1, -0.05) is 23.7 Å². The number of allylic oxidation sites excluding steroid dienone is 1. The largest absolute Gasteiger partial charge is 0.452 e. The van der Waals surface area contributed by atoms with Crippen LogP contribution in [0, 0.1) is 6.92 Å². The van der Waals surface area contributed by atoms with Gasteiger partial charge in [-0.05, 0) is 55.0 Å². The van der Waals surface area contributed by atoms with Crippen molar-refractivity contribution in [3.05, 3.63) is 94.0 Å². The van der Waals surface area contributed by atoms with E-state index < -0.39 is 5.97 Å². The summed E-state index contributed by atoms with van der Waals surface area (Å²) in [5, 5.41) is 0.612. The molecule has 28 heavy (non-hydrogen) atoms. The Hall–Kier alpha value is -3.44. The second-order valence-corrected chi connectivity index (χ2v) is 6.62. The van der Waals surface area contributed by atoms with Gasteiger partial charge in [-0.3, -0.25) is 9.78 Å². The Balaban J connectivity index is 1.61. The van der Waals surface area contributed by atoms with E-state index in [4.69, 9.17) is 21.1 Å². The van der Waals surface area contributed by atoms with Crippen molar-refractivity contribution in [2.75, 3.05) is 0 Å². The van der Waals surface area contributed by atoms with E-state index >= 15 is 0 Å². The molecule has 0 aliphatic carbocycles. The Labute approximate surface area is 166 Å². The molecular formula is C22H14ClNO4. The van der Waals surface area contributed by atoms with Crippen LogP contribution in [0.3, 0.4) is 0 Å². The highest BCUT2D eigenvalue weighted by Crippen LogP contribution is 2.39. The molecule has 0 N–H and O–H groups in total. The number of carbonyl (C=O) groups is 2. The van der Waals surface area contributed by atoms with E-state index in [0.29, 0.717) is 33.2 Å². The van der Waals surface area contributed by atoms with Gasteiger partial charge in [-0.25, -0.2) is 4.79 Å². The van der Waals surface area contributed by atoms with Gasteiger partial charge in [0.1, 0.15) is 11.5 Å². The highest BCUT2D eigenvalue weighted by atomic mass is 35.5. The molecule has 0 bridgehead atoms. The van der Waals surface area contributed by atoms with Gasteiger partial charge in [0.2, 0.25) is 5.78 Å². The predicted molar refractivity (Wildman–Crippen MR) is 105 cm³/mol. The van der Waals surface area contributed by atoms with Crippen molar-refractivity contribution in [2.24, 2.45) is 0 Å². The number of halogens is 1. The number of esters is 1. The van der Waals surface area contributed by atoms with E-state index in [1.807, 2.05) is 0 Å². The molecule has 0 radical (unpaired) electrons. The number of hydrogen-bond acceptors (Lipinski definition) is 5. The van der Waals surface area contributed by atoms with Crippen molar-refractivity contribution in [3.8, 4) is 11.5 Å². The Morgan fingerprint density at radius 1 is 1.07 bits per heavy atom. The summed E-state index contributed by atoms with van der Waals surface area (Å²) in [6.07, 6.45) is 4.68. The minimum absolute atomic E-state index is 0.207. The topological polar surface area (TPSA) is 65.5 Å². The maximum absolute atomic E-state index is 12.6. The summed E-state index contributed by atoms with van der Waals surface area (Å²) in [7, 11) is 0. The maximum Gasteiger partial charge on any atom is 0.343 e. The van der Waals surface area contributed by atoms with E-state index in [2.05, 4.69) is 4.98 Å². The Morgan fingerprint density at radius 3 is 2.50 bits per heavy atom. The first-order valence-corrected chi connectivity index (χ1v) is 8.86. The average molecular weight is 392 g/mol. The van der Waals surface area contributed by atoms with E-state index in [-0.39, 0.29) is 11.5 Å². The molecule has 0 saturated carbocycles. The van der Waals surface area contributed by atoms with Crippen LogP contribution in [0.5, 0.6) is 11.5 Å². The summed E-state index contributed by atoms with van der Waals surface area (Å²) in [6, 6.07) is 13.4. The quantitative estimate of drug-likeness (QED) is 0.361. The van der Waals surface area contributed by atoms with Gasteiger partial charge in [0.25, 0.3) is 0 Å². The first-order chi connectivity index (χ1) is 13.5. The smallest absolute Gasteiger partial charge is 0.343 e. The number of carbonyl (C=O) groups excluding carboxylic acids is 2. The summed E-state index contributed by atoms with van der Waals surface area (Å²) < 4.78 is 11.3. The molecular weight excluding hydrogens is 378 g/mol. The SMILES string of the molecule is Cc1c(OC(=O)c2ccncc2)ccc2c1O/C(=C\c1ccc(Cl)cc1)C2=O. The van der Waals surface area contributed by atoms with Crippen LogP contribution in [0.4, 0.5) is 0 Å². The number of Topliss-reactive ketones (excluding diaryl/α,β-unsaturated/α-hetero) is 1. The van der Waals surface area contributed by atoms with Crippen molar-refractivity contribution in [2.45, 2.75) is 6.92 Å². The van der Waals surface area contributed by atoms with E-state index in [1.54, 1.807) is 61.5 Å². The van der Waals surface area contributed by atoms with E-state index in [0.717, 1.165) is 5.56 Å². The van der Waals surface area contributed by atoms with Crippen LogP contribution in [0.25, 0.3) is 6.08 Å². The number of hydrogen-bond donors (Lipinski definition) is 0. The zero-order valence-electron chi connectivity index (χ0n) is 14.8. The van der Waals surface area contributed by atoms with Crippen molar-refractivity contribution >= 4 is 29.4 Å². The van der Waals surface area contributed by atoms with Gasteiger partial charge in [-0.2, -0.15) is 0 Å². The first kappa shape index (κ1) is 17.9. The molecule has 5 nitrogen and oxygen atoms in total. The minimum atomic E-state index is -0.508. The monoisotopic (exact) mass is 391 g/mol.